The van der Waals surface area contributed by atoms with Crippen LogP contribution in [0, 0.1) is 5.92 Å². The quantitative estimate of drug-likeness (QED) is 0.502. The van der Waals surface area contributed by atoms with Crippen LogP contribution in [0.5, 0.6) is 0 Å². The second-order valence-corrected chi connectivity index (χ2v) is 3.88. The molecule has 0 bridgehead atoms. The van der Waals surface area contributed by atoms with E-state index in [0.717, 1.165) is 11.6 Å². The molecular weight excluding hydrogens is 176 g/mol. The molecule has 1 fully saturated rings. The molecular formula is C10H16N4. The summed E-state index contributed by atoms with van der Waals surface area (Å²) in [6.45, 7) is 2.27. The summed E-state index contributed by atoms with van der Waals surface area (Å²) in [6.07, 6.45) is 4.33. The molecule has 0 aromatic carbocycles. The molecule has 14 heavy (non-hydrogen) atoms. The van der Waals surface area contributed by atoms with E-state index < -0.39 is 0 Å². The molecule has 1 aromatic rings. The van der Waals surface area contributed by atoms with Crippen molar-refractivity contribution in [2.75, 3.05) is 10.7 Å². The fourth-order valence-electron chi connectivity index (χ4n) is 1.69. The Balaban J connectivity index is 2.01. The van der Waals surface area contributed by atoms with Crippen LogP contribution in [0.2, 0.25) is 0 Å². The summed E-state index contributed by atoms with van der Waals surface area (Å²) in [5.41, 5.74) is 3.62. The summed E-state index contributed by atoms with van der Waals surface area (Å²) in [5.74, 6) is 6.75. The maximum atomic E-state index is 5.28. The van der Waals surface area contributed by atoms with E-state index in [9.17, 15) is 0 Å². The van der Waals surface area contributed by atoms with Crippen LogP contribution in [0.3, 0.4) is 0 Å². The lowest BCUT2D eigenvalue weighted by atomic mass is 9.81. The third kappa shape index (κ3) is 1.80. The monoisotopic (exact) mass is 192 g/mol. The molecule has 76 valence electrons. The van der Waals surface area contributed by atoms with Crippen molar-refractivity contribution < 1.29 is 0 Å². The number of nitrogens with zero attached hydrogens (tertiary/aromatic N) is 1. The molecule has 4 heteroatoms. The minimum Gasteiger partial charge on any atom is -0.382 e. The molecule has 0 radical (unpaired) electrons. The van der Waals surface area contributed by atoms with Gasteiger partial charge in [-0.15, -0.1) is 0 Å². The molecule has 2 atom stereocenters. The number of hydrogen-bond acceptors (Lipinski definition) is 4. The Hall–Kier alpha value is -1.29. The maximum Gasteiger partial charge on any atom is 0.141 e. The fraction of sp³-hybridized carbons (Fsp3) is 0.500. The molecule has 4 nitrogen and oxygen atoms in total. The summed E-state index contributed by atoms with van der Waals surface area (Å²) in [5, 5.41) is 3.47. The minimum absolute atomic E-state index is 0.614. The predicted octanol–water partition coefficient (Wildman–Crippen LogP) is 1.58. The van der Waals surface area contributed by atoms with E-state index >= 15 is 0 Å². The van der Waals surface area contributed by atoms with Crippen molar-refractivity contribution >= 4 is 11.5 Å². The average Bonchev–Trinajstić information content (AvgIpc) is 2.24. The van der Waals surface area contributed by atoms with Gasteiger partial charge in [-0.05, 0) is 24.8 Å². The number of nitrogen functional groups attached to an aromatic ring is 1. The lowest BCUT2D eigenvalue weighted by molar-refractivity contribution is 0.303. The molecule has 0 saturated heterocycles. The van der Waals surface area contributed by atoms with E-state index in [0.29, 0.717) is 11.9 Å². The number of aromatic nitrogens is 1. The molecule has 0 amide bonds. The van der Waals surface area contributed by atoms with Gasteiger partial charge in [-0.3, -0.25) is 0 Å². The summed E-state index contributed by atoms with van der Waals surface area (Å²) < 4.78 is 0. The van der Waals surface area contributed by atoms with Gasteiger partial charge in [-0.2, -0.15) is 0 Å². The first-order valence-corrected chi connectivity index (χ1v) is 4.99. The standard InChI is InChI=1S/C10H16N4/c1-7-2-3-9(7)13-8-4-5-12-10(6-8)14-11/h4-7,9H,2-3,11H2,1H3,(H2,12,13,14). The smallest absolute Gasteiger partial charge is 0.141 e. The van der Waals surface area contributed by atoms with Crippen molar-refractivity contribution in [1.29, 1.82) is 0 Å². The van der Waals surface area contributed by atoms with Crippen molar-refractivity contribution in [3.8, 4) is 0 Å². The van der Waals surface area contributed by atoms with Gasteiger partial charge in [0.25, 0.3) is 0 Å². The highest BCUT2D eigenvalue weighted by molar-refractivity contribution is 5.52. The number of anilines is 2. The van der Waals surface area contributed by atoms with Crippen LogP contribution < -0.4 is 16.6 Å². The van der Waals surface area contributed by atoms with E-state index in [1.54, 1.807) is 6.20 Å². The van der Waals surface area contributed by atoms with Gasteiger partial charge >= 0.3 is 0 Å². The molecule has 1 aromatic heterocycles. The highest BCUT2D eigenvalue weighted by Gasteiger charge is 2.26. The van der Waals surface area contributed by atoms with Gasteiger partial charge < -0.3 is 10.7 Å². The Bertz CT molecular complexity index is 313. The van der Waals surface area contributed by atoms with E-state index in [1.807, 2.05) is 12.1 Å². The zero-order valence-electron chi connectivity index (χ0n) is 8.33. The van der Waals surface area contributed by atoms with Crippen molar-refractivity contribution in [1.82, 2.24) is 4.98 Å². The molecule has 1 aliphatic rings. The Morgan fingerprint density at radius 1 is 1.50 bits per heavy atom. The van der Waals surface area contributed by atoms with Gasteiger partial charge in [-0.25, -0.2) is 10.8 Å². The van der Waals surface area contributed by atoms with Crippen LogP contribution in [0.4, 0.5) is 11.5 Å². The van der Waals surface area contributed by atoms with Gasteiger partial charge in [0.2, 0.25) is 0 Å². The van der Waals surface area contributed by atoms with E-state index in [-0.39, 0.29) is 0 Å². The number of nitrogens with two attached hydrogens (primary N) is 1. The first-order valence-electron chi connectivity index (χ1n) is 4.99. The summed E-state index contributed by atoms with van der Waals surface area (Å²) in [7, 11) is 0. The van der Waals surface area contributed by atoms with Gasteiger partial charge in [0.05, 0.1) is 0 Å². The molecule has 0 spiro atoms. The number of pyridine rings is 1. The molecule has 4 N–H and O–H groups in total. The highest BCUT2D eigenvalue weighted by Crippen LogP contribution is 2.29. The lowest BCUT2D eigenvalue weighted by Gasteiger charge is -2.35. The molecule has 1 saturated carbocycles. The average molecular weight is 192 g/mol. The van der Waals surface area contributed by atoms with Crippen molar-refractivity contribution in [2.24, 2.45) is 11.8 Å². The normalized spacial score (nSPS) is 25.3. The summed E-state index contributed by atoms with van der Waals surface area (Å²) in [6, 6.07) is 4.50. The minimum atomic E-state index is 0.614. The number of rotatable bonds is 3. The predicted molar refractivity (Wildman–Crippen MR) is 57.9 cm³/mol. The lowest BCUT2D eigenvalue weighted by Crippen LogP contribution is -2.36. The molecule has 1 heterocycles. The molecule has 2 unspecified atom stereocenters. The maximum absolute atomic E-state index is 5.28. The molecule has 0 aliphatic heterocycles. The van der Waals surface area contributed by atoms with Crippen molar-refractivity contribution in [2.45, 2.75) is 25.8 Å². The van der Waals surface area contributed by atoms with Crippen LogP contribution in [-0.4, -0.2) is 11.0 Å². The molecule has 2 rings (SSSR count). The zero-order valence-corrected chi connectivity index (χ0v) is 8.33. The Morgan fingerprint density at radius 3 is 2.93 bits per heavy atom. The third-order valence-electron chi connectivity index (χ3n) is 2.88. The number of hydrogen-bond donors (Lipinski definition) is 3. The number of hydrazine groups is 1. The van der Waals surface area contributed by atoms with Gasteiger partial charge in [0.15, 0.2) is 0 Å². The zero-order chi connectivity index (χ0) is 9.97. The van der Waals surface area contributed by atoms with Crippen LogP contribution >= 0.6 is 0 Å². The SMILES string of the molecule is CC1CCC1Nc1ccnc(NN)c1. The van der Waals surface area contributed by atoms with Gasteiger partial charge in [-0.1, -0.05) is 6.92 Å². The Morgan fingerprint density at radius 2 is 2.36 bits per heavy atom. The van der Waals surface area contributed by atoms with Crippen LogP contribution in [0.25, 0.3) is 0 Å². The number of nitrogens with one attached hydrogen (secondary N) is 2. The Labute approximate surface area is 83.9 Å². The topological polar surface area (TPSA) is 63.0 Å². The second kappa shape index (κ2) is 3.84. The first kappa shape index (κ1) is 9.27. The van der Waals surface area contributed by atoms with Crippen LogP contribution in [0.15, 0.2) is 18.3 Å². The van der Waals surface area contributed by atoms with Crippen LogP contribution in [0.1, 0.15) is 19.8 Å². The van der Waals surface area contributed by atoms with Crippen LogP contribution in [-0.2, 0) is 0 Å². The van der Waals surface area contributed by atoms with Gasteiger partial charge in [0.1, 0.15) is 5.82 Å². The first-order chi connectivity index (χ1) is 6.79. The summed E-state index contributed by atoms with van der Waals surface area (Å²) >= 11 is 0. The van der Waals surface area contributed by atoms with E-state index in [2.05, 4.69) is 22.7 Å². The highest BCUT2D eigenvalue weighted by atomic mass is 15.2. The second-order valence-electron chi connectivity index (χ2n) is 3.88. The van der Waals surface area contributed by atoms with E-state index in [4.69, 9.17) is 5.84 Å². The third-order valence-corrected chi connectivity index (χ3v) is 2.88. The Kier molecular flexibility index (Phi) is 2.54. The summed E-state index contributed by atoms with van der Waals surface area (Å²) in [4.78, 5) is 4.05. The fourth-order valence-corrected chi connectivity index (χ4v) is 1.69. The largest absolute Gasteiger partial charge is 0.382 e. The van der Waals surface area contributed by atoms with Crippen molar-refractivity contribution in [3.63, 3.8) is 0 Å². The van der Waals surface area contributed by atoms with E-state index in [1.165, 1.54) is 12.8 Å². The molecule has 1 aliphatic carbocycles. The van der Waals surface area contributed by atoms with Gasteiger partial charge in [0, 0.05) is 24.0 Å². The van der Waals surface area contributed by atoms with Crippen molar-refractivity contribution in [3.05, 3.63) is 18.3 Å².